The van der Waals surface area contributed by atoms with Gasteiger partial charge in [-0.1, -0.05) is 32.6 Å². The van der Waals surface area contributed by atoms with Crippen LogP contribution < -0.4 is 11.1 Å². The summed E-state index contributed by atoms with van der Waals surface area (Å²) in [5.74, 6) is 0.250. The number of nitrogens with zero attached hydrogens (tertiary/aromatic N) is 2. The van der Waals surface area contributed by atoms with E-state index in [1.807, 2.05) is 4.90 Å². The van der Waals surface area contributed by atoms with Gasteiger partial charge in [0.2, 0.25) is 0 Å². The van der Waals surface area contributed by atoms with Gasteiger partial charge < -0.3 is 10.6 Å². The predicted octanol–water partition coefficient (Wildman–Crippen LogP) is 2.08. The molecule has 0 saturated heterocycles. The number of urea groups is 1. The van der Waals surface area contributed by atoms with Gasteiger partial charge in [0.1, 0.15) is 0 Å². The molecule has 0 aromatic rings. The Labute approximate surface area is 110 Å². The fraction of sp³-hybridized carbons (Fsp3) is 0.846. The van der Waals surface area contributed by atoms with Gasteiger partial charge in [-0.25, -0.2) is 4.79 Å². The lowest BCUT2D eigenvalue weighted by Gasteiger charge is -2.22. The molecule has 0 bridgehead atoms. The van der Waals surface area contributed by atoms with E-state index in [4.69, 9.17) is 5.73 Å². The van der Waals surface area contributed by atoms with Crippen LogP contribution in [0.4, 0.5) is 4.79 Å². The van der Waals surface area contributed by atoms with E-state index in [0.29, 0.717) is 6.54 Å². The summed E-state index contributed by atoms with van der Waals surface area (Å²) in [6, 6.07) is -0.114. The zero-order valence-corrected chi connectivity index (χ0v) is 11.5. The summed E-state index contributed by atoms with van der Waals surface area (Å²) in [4.78, 5) is 18.0. The molecule has 1 aliphatic heterocycles. The summed E-state index contributed by atoms with van der Waals surface area (Å²) >= 11 is 0. The van der Waals surface area contributed by atoms with Gasteiger partial charge >= 0.3 is 6.03 Å². The van der Waals surface area contributed by atoms with Crippen molar-refractivity contribution >= 4 is 12.0 Å². The molecule has 0 aromatic carbocycles. The maximum atomic E-state index is 12.0. The van der Waals surface area contributed by atoms with Crippen LogP contribution in [0.15, 0.2) is 4.99 Å². The molecule has 104 valence electrons. The van der Waals surface area contributed by atoms with E-state index >= 15 is 0 Å². The molecule has 5 heteroatoms. The molecule has 1 heterocycles. The molecule has 0 fully saturated rings. The Morgan fingerprint density at radius 1 is 1.22 bits per heavy atom. The zero-order valence-electron chi connectivity index (χ0n) is 11.5. The van der Waals surface area contributed by atoms with E-state index in [0.717, 1.165) is 32.4 Å². The first kappa shape index (κ1) is 14.8. The predicted molar refractivity (Wildman–Crippen MR) is 74.6 cm³/mol. The zero-order chi connectivity index (χ0) is 13.2. The second-order valence-corrected chi connectivity index (χ2v) is 4.81. The lowest BCUT2D eigenvalue weighted by Crippen LogP contribution is -2.46. The average molecular weight is 254 g/mol. The number of guanidine groups is 1. The van der Waals surface area contributed by atoms with Crippen molar-refractivity contribution < 1.29 is 4.79 Å². The van der Waals surface area contributed by atoms with Crippen molar-refractivity contribution in [2.45, 2.75) is 51.9 Å². The minimum Gasteiger partial charge on any atom is -0.370 e. The summed E-state index contributed by atoms with van der Waals surface area (Å²) in [6.45, 7) is 4.37. The van der Waals surface area contributed by atoms with Crippen LogP contribution in [-0.4, -0.2) is 36.5 Å². The monoisotopic (exact) mass is 254 g/mol. The minimum atomic E-state index is -0.114. The normalized spacial score (nSPS) is 20.2. The quantitative estimate of drug-likeness (QED) is 0.792. The third kappa shape index (κ3) is 5.89. The Kier molecular flexibility index (Phi) is 7.22. The third-order valence-corrected chi connectivity index (χ3v) is 3.13. The van der Waals surface area contributed by atoms with Crippen LogP contribution in [0.3, 0.4) is 0 Å². The molecule has 18 heavy (non-hydrogen) atoms. The van der Waals surface area contributed by atoms with Crippen LogP contribution in [0.25, 0.3) is 0 Å². The number of carbonyl (C=O) groups excluding carboxylic acids is 1. The van der Waals surface area contributed by atoms with Gasteiger partial charge in [-0.3, -0.25) is 10.3 Å². The van der Waals surface area contributed by atoms with Gasteiger partial charge in [-0.15, -0.1) is 0 Å². The van der Waals surface area contributed by atoms with Crippen LogP contribution in [0.5, 0.6) is 0 Å². The highest BCUT2D eigenvalue weighted by atomic mass is 16.2. The Morgan fingerprint density at radius 2 is 1.89 bits per heavy atom. The molecule has 1 aliphatic rings. The SMILES string of the molecule is CCCN1CCCCCCCCN=C(N)NC1=O. The molecule has 0 spiro atoms. The maximum absolute atomic E-state index is 12.0. The summed E-state index contributed by atoms with van der Waals surface area (Å²) in [6.07, 6.45) is 7.99. The Bertz CT molecular complexity index is 278. The van der Waals surface area contributed by atoms with Crippen LogP contribution in [-0.2, 0) is 0 Å². The number of aliphatic imine (C=N–C) groups is 1. The second-order valence-electron chi connectivity index (χ2n) is 4.81. The molecule has 3 N–H and O–H groups in total. The Balaban J connectivity index is 2.56. The van der Waals surface area contributed by atoms with Gasteiger partial charge in [-0.05, 0) is 19.3 Å². The number of nitrogens with two attached hydrogens (primary N) is 1. The highest BCUT2D eigenvalue weighted by Crippen LogP contribution is 2.07. The number of amides is 2. The van der Waals surface area contributed by atoms with Crippen LogP contribution in [0.1, 0.15) is 51.9 Å². The molecule has 0 aliphatic carbocycles. The van der Waals surface area contributed by atoms with E-state index in [2.05, 4.69) is 17.2 Å². The molecule has 0 radical (unpaired) electrons. The van der Waals surface area contributed by atoms with Crippen molar-refractivity contribution in [3.05, 3.63) is 0 Å². The lowest BCUT2D eigenvalue weighted by molar-refractivity contribution is 0.201. The highest BCUT2D eigenvalue weighted by molar-refractivity contribution is 5.95. The smallest absolute Gasteiger partial charge is 0.324 e. The minimum absolute atomic E-state index is 0.114. The third-order valence-electron chi connectivity index (χ3n) is 3.13. The van der Waals surface area contributed by atoms with Crippen molar-refractivity contribution in [3.8, 4) is 0 Å². The van der Waals surface area contributed by atoms with Crippen LogP contribution in [0.2, 0.25) is 0 Å². The van der Waals surface area contributed by atoms with Gasteiger partial charge in [0, 0.05) is 19.6 Å². The maximum Gasteiger partial charge on any atom is 0.324 e. The molecule has 1 rings (SSSR count). The van der Waals surface area contributed by atoms with Gasteiger partial charge in [0.15, 0.2) is 5.96 Å². The number of carbonyl (C=O) groups is 1. The summed E-state index contributed by atoms with van der Waals surface area (Å²) < 4.78 is 0. The van der Waals surface area contributed by atoms with Crippen molar-refractivity contribution in [1.29, 1.82) is 0 Å². The molecule has 0 unspecified atom stereocenters. The fourth-order valence-electron chi connectivity index (χ4n) is 2.13. The number of hydrogen-bond acceptors (Lipinski definition) is 3. The first-order chi connectivity index (χ1) is 8.74. The van der Waals surface area contributed by atoms with Gasteiger partial charge in [0.25, 0.3) is 0 Å². The fourth-order valence-corrected chi connectivity index (χ4v) is 2.13. The topological polar surface area (TPSA) is 70.7 Å². The molecule has 0 saturated carbocycles. The van der Waals surface area contributed by atoms with Gasteiger partial charge in [-0.2, -0.15) is 0 Å². The Hall–Kier alpha value is -1.26. The second kappa shape index (κ2) is 8.78. The molecular weight excluding hydrogens is 228 g/mol. The van der Waals surface area contributed by atoms with Crippen molar-refractivity contribution in [3.63, 3.8) is 0 Å². The lowest BCUT2D eigenvalue weighted by atomic mass is 10.1. The average Bonchev–Trinajstić information content (AvgIpc) is 2.35. The molecular formula is C13H26N4O. The summed E-state index contributed by atoms with van der Waals surface area (Å²) in [5, 5.41) is 2.67. The van der Waals surface area contributed by atoms with E-state index in [9.17, 15) is 4.79 Å². The standard InChI is InChI=1S/C13H26N4O/c1-2-10-17-11-8-6-4-3-5-7-9-15-12(14)16-13(17)18/h2-11H2,1H3,(H3,14,15,16,18). The first-order valence-electron chi connectivity index (χ1n) is 7.10. The van der Waals surface area contributed by atoms with E-state index in [-0.39, 0.29) is 12.0 Å². The molecule has 0 aromatic heterocycles. The summed E-state index contributed by atoms with van der Waals surface area (Å²) in [5.41, 5.74) is 5.69. The molecule has 5 nitrogen and oxygen atoms in total. The highest BCUT2D eigenvalue weighted by Gasteiger charge is 2.13. The first-order valence-corrected chi connectivity index (χ1v) is 7.10. The van der Waals surface area contributed by atoms with Crippen molar-refractivity contribution in [2.24, 2.45) is 10.7 Å². The van der Waals surface area contributed by atoms with Crippen LogP contribution in [0, 0.1) is 0 Å². The number of nitrogens with one attached hydrogen (secondary N) is 1. The number of hydrogen-bond donors (Lipinski definition) is 2. The number of rotatable bonds is 2. The largest absolute Gasteiger partial charge is 0.370 e. The Morgan fingerprint density at radius 3 is 2.61 bits per heavy atom. The van der Waals surface area contributed by atoms with E-state index in [1.165, 1.54) is 25.7 Å². The van der Waals surface area contributed by atoms with Gasteiger partial charge in [0.05, 0.1) is 0 Å². The molecule has 2 amide bonds. The molecule has 0 atom stereocenters. The van der Waals surface area contributed by atoms with Crippen LogP contribution >= 0.6 is 0 Å². The van der Waals surface area contributed by atoms with E-state index < -0.39 is 0 Å². The van der Waals surface area contributed by atoms with Crippen molar-refractivity contribution in [1.82, 2.24) is 10.2 Å². The van der Waals surface area contributed by atoms with E-state index in [1.54, 1.807) is 0 Å². The van der Waals surface area contributed by atoms with Crippen molar-refractivity contribution in [2.75, 3.05) is 19.6 Å². The summed E-state index contributed by atoms with van der Waals surface area (Å²) in [7, 11) is 0.